The van der Waals surface area contributed by atoms with Gasteiger partial charge in [-0.1, -0.05) is 32.0 Å². The van der Waals surface area contributed by atoms with Gasteiger partial charge in [0.05, 0.1) is 12.7 Å². The zero-order chi connectivity index (χ0) is 29.0. The summed E-state index contributed by atoms with van der Waals surface area (Å²) in [4.78, 5) is 28.6. The maximum absolute atomic E-state index is 15.0. The van der Waals surface area contributed by atoms with Crippen LogP contribution in [0.1, 0.15) is 46.5 Å². The van der Waals surface area contributed by atoms with E-state index in [0.717, 1.165) is 6.20 Å². The molecule has 5 atom stereocenters. The second-order valence-corrected chi connectivity index (χ2v) is 11.6. The van der Waals surface area contributed by atoms with Crippen molar-refractivity contribution in [1.82, 2.24) is 14.6 Å². The summed E-state index contributed by atoms with van der Waals surface area (Å²) in [5, 5.41) is 12.8. The highest BCUT2D eigenvalue weighted by Crippen LogP contribution is 2.48. The summed E-state index contributed by atoms with van der Waals surface area (Å²) in [5.74, 6) is -4.36. The van der Waals surface area contributed by atoms with Gasteiger partial charge in [-0.15, -0.1) is 0 Å². The Labute approximate surface area is 225 Å². The fourth-order valence-corrected chi connectivity index (χ4v) is 5.27. The zero-order valence-corrected chi connectivity index (χ0v) is 23.2. The van der Waals surface area contributed by atoms with Crippen molar-refractivity contribution in [2.45, 2.75) is 77.5 Å². The number of carbonyl (C=O) groups excluding carboxylic acids is 1. The average Bonchev–Trinajstić information content (AvgIpc) is 3.06. The summed E-state index contributed by atoms with van der Waals surface area (Å²) in [7, 11) is -4.40. The normalized spacial score (nSPS) is 23.0. The molecule has 216 valence electrons. The third-order valence-corrected chi connectivity index (χ3v) is 7.22. The minimum atomic E-state index is -4.40. The lowest BCUT2D eigenvalue weighted by molar-refractivity contribution is -0.149. The fourth-order valence-electron chi connectivity index (χ4n) is 3.77. The molecule has 0 saturated carbocycles. The predicted octanol–water partition coefficient (Wildman–Crippen LogP) is 3.47. The first kappa shape index (κ1) is 30.8. The van der Waals surface area contributed by atoms with Crippen LogP contribution in [-0.2, 0) is 29.8 Å². The standard InChI is InChI=1S/C25H34F2N3O8P/c1-15(2)13-18-11-12-30(24(33)28-18)23-25(26,27)21(31)20(37-23)14-35-39(34,38-19-9-7-6-8-10-19)29-17(5)22(32)36-16(3)4/h6-12,15-17,20-21,23,31H,13-14H2,1-5H3,(H,29,34)/t17-,20+,21+,23+,39?/m0/s1. The van der Waals surface area contributed by atoms with Gasteiger partial charge in [0.1, 0.15) is 17.9 Å². The van der Waals surface area contributed by atoms with Gasteiger partial charge in [-0.2, -0.15) is 18.9 Å². The molecule has 2 aromatic rings. The molecule has 1 aromatic heterocycles. The quantitative estimate of drug-likeness (QED) is 0.287. The van der Waals surface area contributed by atoms with Gasteiger partial charge >= 0.3 is 25.3 Å². The van der Waals surface area contributed by atoms with Gasteiger partial charge in [0.25, 0.3) is 0 Å². The molecule has 11 nitrogen and oxygen atoms in total. The highest BCUT2D eigenvalue weighted by molar-refractivity contribution is 7.52. The maximum atomic E-state index is 15.0. The van der Waals surface area contributed by atoms with Crippen LogP contribution in [0.5, 0.6) is 5.75 Å². The minimum Gasteiger partial charge on any atom is -0.462 e. The molecule has 0 spiro atoms. The van der Waals surface area contributed by atoms with Gasteiger partial charge in [0, 0.05) is 11.9 Å². The minimum absolute atomic E-state index is 0.105. The van der Waals surface area contributed by atoms with E-state index in [0.29, 0.717) is 16.7 Å². The van der Waals surface area contributed by atoms with E-state index in [2.05, 4.69) is 10.1 Å². The first-order valence-corrected chi connectivity index (χ1v) is 14.0. The topological polar surface area (TPSA) is 138 Å². The van der Waals surface area contributed by atoms with Crippen molar-refractivity contribution in [3.8, 4) is 5.75 Å². The van der Waals surface area contributed by atoms with E-state index < -0.39 is 62.5 Å². The van der Waals surface area contributed by atoms with Gasteiger partial charge in [-0.25, -0.2) is 9.36 Å². The highest BCUT2D eigenvalue weighted by Gasteiger charge is 2.60. The first-order chi connectivity index (χ1) is 18.2. The summed E-state index contributed by atoms with van der Waals surface area (Å²) in [5.41, 5.74) is -0.535. The number of hydrogen-bond acceptors (Lipinski definition) is 9. The smallest absolute Gasteiger partial charge is 0.459 e. The van der Waals surface area contributed by atoms with Crippen LogP contribution in [0.2, 0.25) is 0 Å². The van der Waals surface area contributed by atoms with Crippen LogP contribution in [0.15, 0.2) is 47.4 Å². The average molecular weight is 574 g/mol. The number of hydrogen-bond donors (Lipinski definition) is 2. The van der Waals surface area contributed by atoms with E-state index in [-0.39, 0.29) is 11.7 Å². The van der Waals surface area contributed by atoms with Crippen LogP contribution in [0, 0.1) is 5.92 Å². The lowest BCUT2D eigenvalue weighted by Crippen LogP contribution is -2.42. The Hall–Kier alpha value is -2.70. The lowest BCUT2D eigenvalue weighted by Gasteiger charge is -2.25. The summed E-state index contributed by atoms with van der Waals surface area (Å²) >= 11 is 0. The Balaban J connectivity index is 1.79. The first-order valence-electron chi connectivity index (χ1n) is 12.5. The monoisotopic (exact) mass is 573 g/mol. The van der Waals surface area contributed by atoms with E-state index in [9.17, 15) is 19.3 Å². The van der Waals surface area contributed by atoms with Crippen molar-refractivity contribution in [3.63, 3.8) is 0 Å². The Morgan fingerprint density at radius 3 is 2.46 bits per heavy atom. The van der Waals surface area contributed by atoms with Gasteiger partial charge in [0.15, 0.2) is 6.10 Å². The van der Waals surface area contributed by atoms with E-state index in [1.54, 1.807) is 32.0 Å². The van der Waals surface area contributed by atoms with Crippen molar-refractivity contribution < 1.29 is 41.8 Å². The number of alkyl halides is 2. The zero-order valence-electron chi connectivity index (χ0n) is 22.3. The summed E-state index contributed by atoms with van der Waals surface area (Å²) in [6.45, 7) is 7.65. The molecule has 1 aromatic carbocycles. The number of aromatic nitrogens is 2. The number of carbonyl (C=O) groups is 1. The molecule has 2 N–H and O–H groups in total. The molecule has 39 heavy (non-hydrogen) atoms. The lowest BCUT2D eigenvalue weighted by atomic mass is 10.1. The molecule has 0 aliphatic carbocycles. The van der Waals surface area contributed by atoms with Gasteiger partial charge in [-0.3, -0.25) is 13.9 Å². The van der Waals surface area contributed by atoms with E-state index in [1.807, 2.05) is 13.8 Å². The number of esters is 1. The van der Waals surface area contributed by atoms with Crippen LogP contribution >= 0.6 is 7.75 Å². The fraction of sp³-hybridized carbons (Fsp3) is 0.560. The van der Waals surface area contributed by atoms with Gasteiger partial charge < -0.3 is 19.1 Å². The number of nitrogens with one attached hydrogen (secondary N) is 1. The van der Waals surface area contributed by atoms with Crippen LogP contribution < -0.4 is 15.3 Å². The van der Waals surface area contributed by atoms with Crippen molar-refractivity contribution in [1.29, 1.82) is 0 Å². The second kappa shape index (κ2) is 12.6. The highest BCUT2D eigenvalue weighted by atomic mass is 31.2. The molecule has 0 bridgehead atoms. The molecule has 1 saturated heterocycles. The van der Waals surface area contributed by atoms with E-state index in [4.69, 9.17) is 18.5 Å². The summed E-state index contributed by atoms with van der Waals surface area (Å²) in [6.07, 6.45) is -5.15. The third kappa shape index (κ3) is 7.92. The molecule has 1 aliphatic heterocycles. The Morgan fingerprint density at radius 2 is 1.87 bits per heavy atom. The number of para-hydroxylation sites is 1. The van der Waals surface area contributed by atoms with Gasteiger partial charge in [0.2, 0.25) is 6.23 Å². The summed E-state index contributed by atoms with van der Waals surface area (Å²) < 4.78 is 65.5. The number of ether oxygens (including phenoxy) is 2. The SMILES string of the molecule is CC(C)Cc1ccn([C@@H]2O[C@H](COP(=O)(N[C@@H](C)C(=O)OC(C)C)Oc3ccccc3)[C@@H](O)C2(F)F)c(=O)n1. The van der Waals surface area contributed by atoms with Crippen molar-refractivity contribution in [2.24, 2.45) is 5.92 Å². The van der Waals surface area contributed by atoms with E-state index >= 15 is 8.78 Å². The molecular formula is C25H34F2N3O8P. The van der Waals surface area contributed by atoms with Crippen LogP contribution in [0.3, 0.4) is 0 Å². The molecule has 1 unspecified atom stereocenters. The number of benzene rings is 1. The van der Waals surface area contributed by atoms with E-state index in [1.165, 1.54) is 25.1 Å². The number of halogens is 2. The Bertz CT molecular complexity index is 1230. The number of aliphatic hydroxyl groups excluding tert-OH is 1. The maximum Gasteiger partial charge on any atom is 0.459 e. The van der Waals surface area contributed by atoms with Crippen molar-refractivity contribution >= 4 is 13.7 Å². The predicted molar refractivity (Wildman–Crippen MR) is 136 cm³/mol. The molecule has 2 heterocycles. The second-order valence-electron chi connectivity index (χ2n) is 9.89. The Morgan fingerprint density at radius 1 is 1.21 bits per heavy atom. The molecule has 1 aliphatic rings. The molecule has 3 rings (SSSR count). The van der Waals surface area contributed by atoms with Crippen LogP contribution in [0.25, 0.3) is 0 Å². The molecule has 14 heteroatoms. The number of rotatable bonds is 12. The van der Waals surface area contributed by atoms with Crippen molar-refractivity contribution in [3.05, 3.63) is 58.8 Å². The molecule has 0 radical (unpaired) electrons. The third-order valence-electron chi connectivity index (χ3n) is 5.57. The largest absolute Gasteiger partial charge is 0.462 e. The number of aliphatic hydroxyl groups is 1. The molecular weight excluding hydrogens is 539 g/mol. The Kier molecular flexibility index (Phi) is 10.0. The van der Waals surface area contributed by atoms with Crippen molar-refractivity contribution in [2.75, 3.05) is 6.61 Å². The summed E-state index contributed by atoms with van der Waals surface area (Å²) in [6, 6.07) is 8.10. The van der Waals surface area contributed by atoms with Crippen LogP contribution in [-0.4, -0.2) is 57.5 Å². The molecule has 1 fully saturated rings. The molecule has 0 amide bonds. The van der Waals surface area contributed by atoms with Crippen LogP contribution in [0.4, 0.5) is 8.78 Å². The number of nitrogens with zero attached hydrogens (tertiary/aromatic N) is 2. The van der Waals surface area contributed by atoms with Gasteiger partial charge in [-0.05, 0) is 51.3 Å².